The molecule has 0 aliphatic heterocycles. The fraction of sp³-hybridized carbons (Fsp3) is 0.545. The Morgan fingerprint density at radius 2 is 2.27 bits per heavy atom. The van der Waals surface area contributed by atoms with E-state index in [4.69, 9.17) is 0 Å². The third-order valence-corrected chi connectivity index (χ3v) is 3.59. The monoisotopic (exact) mass is 243 g/mol. The van der Waals surface area contributed by atoms with Gasteiger partial charge in [0.25, 0.3) is 5.91 Å². The summed E-state index contributed by atoms with van der Waals surface area (Å²) < 4.78 is 0. The number of carbonyl (C=O) groups is 1. The van der Waals surface area contributed by atoms with Crippen molar-refractivity contribution < 1.29 is 4.79 Å². The number of hydrogen-bond donors (Lipinski definition) is 1. The highest BCUT2D eigenvalue weighted by Gasteiger charge is 2.12. The van der Waals surface area contributed by atoms with E-state index in [9.17, 15) is 4.79 Å². The Morgan fingerprint density at radius 1 is 1.53 bits per heavy atom. The number of hydrogen-bond acceptors (Lipinski definition) is 3. The van der Waals surface area contributed by atoms with Crippen molar-refractivity contribution in [3.63, 3.8) is 0 Å². The van der Waals surface area contributed by atoms with Crippen molar-refractivity contribution in [2.45, 2.75) is 31.1 Å². The van der Waals surface area contributed by atoms with Crippen LogP contribution in [0.1, 0.15) is 35.9 Å². The minimum atomic E-state index is 0.108. The molecule has 0 saturated heterocycles. The molecule has 1 aromatic rings. The molecule has 0 bridgehead atoms. The van der Waals surface area contributed by atoms with Crippen molar-refractivity contribution >= 4 is 29.9 Å². The fourth-order valence-corrected chi connectivity index (χ4v) is 2.47. The van der Waals surface area contributed by atoms with E-state index in [0.717, 1.165) is 22.7 Å². The van der Waals surface area contributed by atoms with Gasteiger partial charge >= 0.3 is 0 Å². The first-order valence-electron chi connectivity index (χ1n) is 5.18. The zero-order chi connectivity index (χ0) is 11.3. The molecule has 0 unspecified atom stereocenters. The van der Waals surface area contributed by atoms with Crippen LogP contribution in [-0.4, -0.2) is 24.4 Å². The largest absolute Gasteiger partial charge is 0.341 e. The van der Waals surface area contributed by atoms with Gasteiger partial charge in [0.15, 0.2) is 0 Å². The molecule has 0 radical (unpaired) electrons. The van der Waals surface area contributed by atoms with Gasteiger partial charge in [-0.1, -0.05) is 19.8 Å². The van der Waals surface area contributed by atoms with Crippen LogP contribution in [0.2, 0.25) is 0 Å². The molecule has 0 fully saturated rings. The first-order chi connectivity index (χ1) is 7.15. The number of amides is 1. The predicted molar refractivity (Wildman–Crippen MR) is 68.1 cm³/mol. The van der Waals surface area contributed by atoms with Crippen LogP contribution in [0.3, 0.4) is 0 Å². The van der Waals surface area contributed by atoms with Crippen LogP contribution in [0.4, 0.5) is 0 Å². The molecule has 0 aliphatic carbocycles. The molecular formula is C11H17NOS2. The highest BCUT2D eigenvalue weighted by Crippen LogP contribution is 2.19. The highest BCUT2D eigenvalue weighted by atomic mass is 32.1. The first-order valence-corrected chi connectivity index (χ1v) is 6.50. The minimum Gasteiger partial charge on any atom is -0.341 e. The van der Waals surface area contributed by atoms with Crippen LogP contribution in [-0.2, 0) is 0 Å². The van der Waals surface area contributed by atoms with Gasteiger partial charge in [-0.15, -0.1) is 24.0 Å². The standard InChI is InChI=1S/C11H17NOS2/c1-3-4-5-6-12(2)11(13)10-7-9(14)8-15-10/h7-8,14H,3-6H2,1-2H3. The normalized spacial score (nSPS) is 10.3. The summed E-state index contributed by atoms with van der Waals surface area (Å²) in [7, 11) is 1.86. The zero-order valence-electron chi connectivity index (χ0n) is 9.19. The molecule has 4 heteroatoms. The first kappa shape index (κ1) is 12.6. The van der Waals surface area contributed by atoms with E-state index >= 15 is 0 Å². The van der Waals surface area contributed by atoms with E-state index in [1.807, 2.05) is 18.5 Å². The Bertz CT molecular complexity index is 322. The van der Waals surface area contributed by atoms with Crippen LogP contribution in [0.15, 0.2) is 16.3 Å². The summed E-state index contributed by atoms with van der Waals surface area (Å²) in [4.78, 5) is 15.3. The van der Waals surface area contributed by atoms with Gasteiger partial charge in [0.05, 0.1) is 4.88 Å². The molecule has 0 aliphatic rings. The number of carbonyl (C=O) groups excluding carboxylic acids is 1. The van der Waals surface area contributed by atoms with Gasteiger partial charge in [0.1, 0.15) is 0 Å². The van der Waals surface area contributed by atoms with E-state index in [1.54, 1.807) is 4.90 Å². The summed E-state index contributed by atoms with van der Waals surface area (Å²) >= 11 is 5.65. The molecule has 0 atom stereocenters. The number of unbranched alkanes of at least 4 members (excludes halogenated alkanes) is 2. The van der Waals surface area contributed by atoms with Crippen LogP contribution < -0.4 is 0 Å². The Morgan fingerprint density at radius 3 is 2.80 bits per heavy atom. The number of thiol groups is 1. The number of rotatable bonds is 5. The van der Waals surface area contributed by atoms with Crippen molar-refractivity contribution in [3.8, 4) is 0 Å². The van der Waals surface area contributed by atoms with Crippen LogP contribution in [0.5, 0.6) is 0 Å². The summed E-state index contributed by atoms with van der Waals surface area (Å²) in [6.07, 6.45) is 3.44. The van der Waals surface area contributed by atoms with Crippen molar-refractivity contribution in [1.29, 1.82) is 0 Å². The van der Waals surface area contributed by atoms with Gasteiger partial charge in [0, 0.05) is 23.9 Å². The summed E-state index contributed by atoms with van der Waals surface area (Å²) in [6.45, 7) is 3.00. The lowest BCUT2D eigenvalue weighted by Crippen LogP contribution is -2.26. The second-order valence-electron chi connectivity index (χ2n) is 3.60. The van der Waals surface area contributed by atoms with E-state index < -0.39 is 0 Å². The lowest BCUT2D eigenvalue weighted by atomic mass is 10.2. The molecule has 0 spiro atoms. The number of nitrogens with zero attached hydrogens (tertiary/aromatic N) is 1. The van der Waals surface area contributed by atoms with Crippen LogP contribution in [0.25, 0.3) is 0 Å². The Kier molecular flexibility index (Phi) is 5.19. The second-order valence-corrected chi connectivity index (χ2v) is 5.03. The minimum absolute atomic E-state index is 0.108. The van der Waals surface area contributed by atoms with E-state index in [1.165, 1.54) is 24.2 Å². The average Bonchev–Trinajstić information content (AvgIpc) is 2.64. The third kappa shape index (κ3) is 3.87. The fourth-order valence-electron chi connectivity index (χ4n) is 1.33. The zero-order valence-corrected chi connectivity index (χ0v) is 10.9. The molecule has 1 heterocycles. The quantitative estimate of drug-likeness (QED) is 0.621. The van der Waals surface area contributed by atoms with E-state index in [-0.39, 0.29) is 5.91 Å². The van der Waals surface area contributed by atoms with Crippen molar-refractivity contribution in [3.05, 3.63) is 16.3 Å². The molecule has 0 N–H and O–H groups in total. The summed E-state index contributed by atoms with van der Waals surface area (Å²) in [5, 5.41) is 1.89. The SMILES string of the molecule is CCCCCN(C)C(=O)c1cc(S)cs1. The molecule has 2 nitrogen and oxygen atoms in total. The van der Waals surface area contributed by atoms with Crippen LogP contribution >= 0.6 is 24.0 Å². The van der Waals surface area contributed by atoms with Crippen molar-refractivity contribution in [1.82, 2.24) is 4.90 Å². The maximum absolute atomic E-state index is 11.9. The van der Waals surface area contributed by atoms with Crippen molar-refractivity contribution in [2.75, 3.05) is 13.6 Å². The Labute approximate surface area is 101 Å². The van der Waals surface area contributed by atoms with Crippen LogP contribution in [0, 0.1) is 0 Å². The Balaban J connectivity index is 2.46. The molecule has 0 aromatic carbocycles. The summed E-state index contributed by atoms with van der Waals surface area (Å²) in [5.41, 5.74) is 0. The maximum atomic E-state index is 11.9. The number of thiophene rings is 1. The van der Waals surface area contributed by atoms with Gasteiger partial charge in [-0.25, -0.2) is 0 Å². The smallest absolute Gasteiger partial charge is 0.263 e. The molecular weight excluding hydrogens is 226 g/mol. The Hall–Kier alpha value is -0.480. The molecule has 0 saturated carbocycles. The predicted octanol–water partition coefficient (Wildman–Crippen LogP) is 3.30. The highest BCUT2D eigenvalue weighted by molar-refractivity contribution is 7.80. The van der Waals surface area contributed by atoms with Gasteiger partial charge in [-0.3, -0.25) is 4.79 Å². The summed E-state index contributed by atoms with van der Waals surface area (Å²) in [6, 6.07) is 1.83. The lowest BCUT2D eigenvalue weighted by molar-refractivity contribution is 0.0797. The molecule has 1 aromatic heterocycles. The lowest BCUT2D eigenvalue weighted by Gasteiger charge is -2.15. The van der Waals surface area contributed by atoms with Gasteiger partial charge < -0.3 is 4.90 Å². The van der Waals surface area contributed by atoms with E-state index in [2.05, 4.69) is 19.6 Å². The van der Waals surface area contributed by atoms with E-state index in [0.29, 0.717) is 0 Å². The maximum Gasteiger partial charge on any atom is 0.263 e. The molecule has 15 heavy (non-hydrogen) atoms. The second kappa shape index (κ2) is 6.18. The molecule has 1 amide bonds. The third-order valence-electron chi connectivity index (χ3n) is 2.24. The van der Waals surface area contributed by atoms with Gasteiger partial charge in [-0.05, 0) is 12.5 Å². The summed E-state index contributed by atoms with van der Waals surface area (Å²) in [5.74, 6) is 0.108. The van der Waals surface area contributed by atoms with Crippen molar-refractivity contribution in [2.24, 2.45) is 0 Å². The van der Waals surface area contributed by atoms with Gasteiger partial charge in [0.2, 0.25) is 0 Å². The molecule has 84 valence electrons. The average molecular weight is 243 g/mol. The topological polar surface area (TPSA) is 20.3 Å². The van der Waals surface area contributed by atoms with Gasteiger partial charge in [-0.2, -0.15) is 0 Å². The molecule has 1 rings (SSSR count).